The number of rotatable bonds is 8. The minimum atomic E-state index is -0.877. The predicted octanol–water partition coefficient (Wildman–Crippen LogP) is 3.82. The van der Waals surface area contributed by atoms with Gasteiger partial charge in [0, 0.05) is 36.3 Å². The Hall–Kier alpha value is -4.64. The van der Waals surface area contributed by atoms with Gasteiger partial charge in [0.1, 0.15) is 17.6 Å². The monoisotopic (exact) mass is 452 g/mol. The summed E-state index contributed by atoms with van der Waals surface area (Å²) in [6.07, 6.45) is 5.03. The van der Waals surface area contributed by atoms with Crippen molar-refractivity contribution in [3.05, 3.63) is 107 Å². The summed E-state index contributed by atoms with van der Waals surface area (Å²) in [6, 6.07) is 19.2. The van der Waals surface area contributed by atoms with Crippen LogP contribution in [0.4, 0.5) is 10.2 Å². The van der Waals surface area contributed by atoms with Crippen LogP contribution in [0.3, 0.4) is 0 Å². The molecule has 8 heteroatoms. The van der Waals surface area contributed by atoms with Crippen molar-refractivity contribution < 1.29 is 9.18 Å². The van der Waals surface area contributed by atoms with Gasteiger partial charge < -0.3 is 11.1 Å². The van der Waals surface area contributed by atoms with Crippen LogP contribution in [0, 0.1) is 17.1 Å². The highest BCUT2D eigenvalue weighted by molar-refractivity contribution is 5.87. The number of nitrogens with zero attached hydrogens (tertiary/aromatic N) is 4. The maximum Gasteiger partial charge on any atom is 0.231 e. The summed E-state index contributed by atoms with van der Waals surface area (Å²) < 4.78 is 13.6. The molecular formula is C26H21FN6O. The Kier molecular flexibility index (Phi) is 6.84. The van der Waals surface area contributed by atoms with Crippen LogP contribution in [-0.4, -0.2) is 27.4 Å². The molecule has 0 saturated carbocycles. The number of carbonyl (C=O) groups excluding carboxylic acids is 1. The van der Waals surface area contributed by atoms with Crippen LogP contribution in [0.25, 0.3) is 11.3 Å². The molecule has 4 aromatic rings. The first-order valence-electron chi connectivity index (χ1n) is 10.6. The number of benzene rings is 2. The van der Waals surface area contributed by atoms with Gasteiger partial charge in [0.2, 0.25) is 5.91 Å². The average molecular weight is 452 g/mol. The number of nitrogens with one attached hydrogen (secondary N) is 1. The first-order valence-corrected chi connectivity index (χ1v) is 10.6. The molecule has 3 N–H and O–H groups in total. The SMILES string of the molecule is N#Cc1ccccc1-c1ccc(C(C(N)=O)c2cnccn2)c(NCCc2cccc(F)c2)n1. The van der Waals surface area contributed by atoms with Crippen molar-refractivity contribution >= 4 is 11.7 Å². The summed E-state index contributed by atoms with van der Waals surface area (Å²) in [6.45, 7) is 0.429. The van der Waals surface area contributed by atoms with Crippen molar-refractivity contribution in [2.45, 2.75) is 12.3 Å². The van der Waals surface area contributed by atoms with Crippen LogP contribution < -0.4 is 11.1 Å². The highest BCUT2D eigenvalue weighted by Gasteiger charge is 2.26. The van der Waals surface area contributed by atoms with Crippen molar-refractivity contribution in [2.75, 3.05) is 11.9 Å². The molecule has 0 radical (unpaired) electrons. The van der Waals surface area contributed by atoms with Crippen LogP contribution in [0.1, 0.15) is 28.3 Å². The van der Waals surface area contributed by atoms with Crippen molar-refractivity contribution in [1.82, 2.24) is 15.0 Å². The number of hydrogen-bond acceptors (Lipinski definition) is 6. The van der Waals surface area contributed by atoms with Crippen LogP contribution in [-0.2, 0) is 11.2 Å². The zero-order chi connectivity index (χ0) is 23.9. The van der Waals surface area contributed by atoms with Gasteiger partial charge in [0.05, 0.1) is 23.0 Å². The molecule has 7 nitrogen and oxygen atoms in total. The van der Waals surface area contributed by atoms with E-state index < -0.39 is 11.8 Å². The van der Waals surface area contributed by atoms with Crippen LogP contribution in [0.2, 0.25) is 0 Å². The molecule has 4 rings (SSSR count). The third-order valence-electron chi connectivity index (χ3n) is 5.32. The Morgan fingerprint density at radius 2 is 1.97 bits per heavy atom. The molecule has 2 heterocycles. The minimum absolute atomic E-state index is 0.303. The number of pyridine rings is 1. The molecular weight excluding hydrogens is 431 g/mol. The van der Waals surface area contributed by atoms with Crippen LogP contribution >= 0.6 is 0 Å². The van der Waals surface area contributed by atoms with E-state index in [1.165, 1.54) is 30.7 Å². The highest BCUT2D eigenvalue weighted by Crippen LogP contribution is 2.31. The number of nitrogens with two attached hydrogens (primary N) is 1. The molecule has 0 spiro atoms. The Morgan fingerprint density at radius 1 is 1.12 bits per heavy atom. The number of primary amides is 1. The zero-order valence-electron chi connectivity index (χ0n) is 18.1. The van der Waals surface area contributed by atoms with Gasteiger partial charge in [-0.15, -0.1) is 0 Å². The third kappa shape index (κ3) is 5.05. The Bertz CT molecular complexity index is 1350. The molecule has 1 unspecified atom stereocenters. The van der Waals surface area contributed by atoms with Gasteiger partial charge in [-0.05, 0) is 36.2 Å². The summed E-state index contributed by atoms with van der Waals surface area (Å²) in [5.41, 5.74) is 9.22. The van der Waals surface area contributed by atoms with Gasteiger partial charge in [0.25, 0.3) is 0 Å². The molecule has 0 aliphatic heterocycles. The molecule has 1 amide bonds. The lowest BCUT2D eigenvalue weighted by atomic mass is 9.94. The van der Waals surface area contributed by atoms with E-state index in [0.717, 1.165) is 5.56 Å². The van der Waals surface area contributed by atoms with E-state index in [0.29, 0.717) is 46.9 Å². The Labute approximate surface area is 196 Å². The number of hydrogen-bond donors (Lipinski definition) is 2. The number of anilines is 1. The van der Waals surface area contributed by atoms with E-state index in [-0.39, 0.29) is 5.82 Å². The van der Waals surface area contributed by atoms with Crippen molar-refractivity contribution in [3.63, 3.8) is 0 Å². The molecule has 168 valence electrons. The predicted molar refractivity (Wildman–Crippen MR) is 126 cm³/mol. The van der Waals surface area contributed by atoms with E-state index in [1.54, 1.807) is 30.3 Å². The molecule has 0 aliphatic carbocycles. The fourth-order valence-corrected chi connectivity index (χ4v) is 3.73. The Morgan fingerprint density at radius 3 is 2.71 bits per heavy atom. The lowest BCUT2D eigenvalue weighted by molar-refractivity contribution is -0.118. The normalized spacial score (nSPS) is 11.4. The molecule has 0 saturated heterocycles. The number of aromatic nitrogens is 3. The van der Waals surface area contributed by atoms with E-state index in [9.17, 15) is 14.4 Å². The maximum absolute atomic E-state index is 13.6. The van der Waals surface area contributed by atoms with Crippen molar-refractivity contribution in [1.29, 1.82) is 5.26 Å². The molecule has 34 heavy (non-hydrogen) atoms. The number of amides is 1. The summed E-state index contributed by atoms with van der Waals surface area (Å²) >= 11 is 0. The second-order valence-corrected chi connectivity index (χ2v) is 7.56. The van der Waals surface area contributed by atoms with Gasteiger partial charge >= 0.3 is 0 Å². The summed E-state index contributed by atoms with van der Waals surface area (Å²) in [5, 5.41) is 12.8. The first-order chi connectivity index (χ1) is 16.6. The second-order valence-electron chi connectivity index (χ2n) is 7.56. The molecule has 0 bridgehead atoms. The summed E-state index contributed by atoms with van der Waals surface area (Å²) in [5.74, 6) is -1.35. The van der Waals surface area contributed by atoms with Crippen LogP contribution in [0.15, 0.2) is 79.3 Å². The lowest BCUT2D eigenvalue weighted by Crippen LogP contribution is -2.25. The zero-order valence-corrected chi connectivity index (χ0v) is 18.1. The molecule has 0 aliphatic rings. The fraction of sp³-hybridized carbons (Fsp3) is 0.115. The maximum atomic E-state index is 13.6. The summed E-state index contributed by atoms with van der Waals surface area (Å²) in [7, 11) is 0. The van der Waals surface area contributed by atoms with Crippen LogP contribution in [0.5, 0.6) is 0 Å². The molecule has 2 aromatic carbocycles. The molecule has 0 fully saturated rings. The third-order valence-corrected chi connectivity index (χ3v) is 5.32. The van der Waals surface area contributed by atoms with Gasteiger partial charge in [0.15, 0.2) is 0 Å². The smallest absolute Gasteiger partial charge is 0.231 e. The first kappa shape index (κ1) is 22.6. The van der Waals surface area contributed by atoms with E-state index in [4.69, 9.17) is 10.7 Å². The minimum Gasteiger partial charge on any atom is -0.369 e. The largest absolute Gasteiger partial charge is 0.369 e. The second kappa shape index (κ2) is 10.3. The standard InChI is InChI=1S/C26H21FN6O/c27-19-6-3-4-17(14-19)10-11-32-26-21(24(25(29)34)23-16-30-12-13-31-23)8-9-22(33-26)20-7-2-1-5-18(20)15-28/h1-9,12-14,16,24H,10-11H2,(H2,29,34)(H,32,33). The molecule has 1 atom stereocenters. The topological polar surface area (TPSA) is 118 Å². The summed E-state index contributed by atoms with van der Waals surface area (Å²) in [4.78, 5) is 25.5. The van der Waals surface area contributed by atoms with E-state index >= 15 is 0 Å². The van der Waals surface area contributed by atoms with Crippen molar-refractivity contribution in [3.8, 4) is 17.3 Å². The quantitative estimate of drug-likeness (QED) is 0.420. The fourth-order valence-electron chi connectivity index (χ4n) is 3.73. The van der Waals surface area contributed by atoms with Gasteiger partial charge in [-0.25, -0.2) is 9.37 Å². The molecule has 2 aromatic heterocycles. The highest BCUT2D eigenvalue weighted by atomic mass is 19.1. The van der Waals surface area contributed by atoms with Gasteiger partial charge in [-0.2, -0.15) is 5.26 Å². The van der Waals surface area contributed by atoms with E-state index in [2.05, 4.69) is 21.4 Å². The lowest BCUT2D eigenvalue weighted by Gasteiger charge is -2.19. The van der Waals surface area contributed by atoms with Gasteiger partial charge in [-0.1, -0.05) is 36.4 Å². The average Bonchev–Trinajstić information content (AvgIpc) is 2.85. The number of carbonyl (C=O) groups is 1. The number of halogens is 1. The van der Waals surface area contributed by atoms with Gasteiger partial charge in [-0.3, -0.25) is 14.8 Å². The number of nitriles is 1. The van der Waals surface area contributed by atoms with Crippen molar-refractivity contribution in [2.24, 2.45) is 5.73 Å². The Balaban J connectivity index is 1.74. The van der Waals surface area contributed by atoms with E-state index in [1.807, 2.05) is 18.2 Å².